The molecule has 3 heterocycles. The first-order valence-corrected chi connectivity index (χ1v) is 7.95. The van der Waals surface area contributed by atoms with Crippen LogP contribution in [0, 0.1) is 20.8 Å². The van der Waals surface area contributed by atoms with Gasteiger partial charge in [-0.1, -0.05) is 0 Å². The van der Waals surface area contributed by atoms with Gasteiger partial charge in [0.15, 0.2) is 0 Å². The number of ether oxygens (including phenoxy) is 1. The summed E-state index contributed by atoms with van der Waals surface area (Å²) in [6.07, 6.45) is 2.13. The molecule has 128 valence electrons. The minimum absolute atomic E-state index is 0.0956. The van der Waals surface area contributed by atoms with Gasteiger partial charge in [0.05, 0.1) is 29.3 Å². The van der Waals surface area contributed by atoms with Crippen LogP contribution in [-0.2, 0) is 11.8 Å². The van der Waals surface area contributed by atoms with Crippen LogP contribution >= 0.6 is 0 Å². The van der Waals surface area contributed by atoms with E-state index in [4.69, 9.17) is 4.74 Å². The van der Waals surface area contributed by atoms with E-state index >= 15 is 0 Å². The molecule has 1 aliphatic heterocycles. The first-order valence-electron chi connectivity index (χ1n) is 7.95. The van der Waals surface area contributed by atoms with Gasteiger partial charge in [-0.25, -0.2) is 4.79 Å². The van der Waals surface area contributed by atoms with Gasteiger partial charge in [0.2, 0.25) is 0 Å². The van der Waals surface area contributed by atoms with Gasteiger partial charge in [-0.05, 0) is 33.3 Å². The Bertz CT molecular complexity index is 757. The van der Waals surface area contributed by atoms with Gasteiger partial charge in [0, 0.05) is 24.9 Å². The molecule has 8 heteroatoms. The standard InChI is InChI=1S/C16H22N6O2/c1-9-12(5-7-17-20-9)18-16(23)19-13-6-8-24-15(13)14-10(2)21-22(4)11(14)3/h5,7,13,15H,6,8H2,1-4H3,(H2,17,18,19,23)/t13-,15-/m1/s1. The van der Waals surface area contributed by atoms with Gasteiger partial charge in [0.25, 0.3) is 0 Å². The van der Waals surface area contributed by atoms with E-state index in [-0.39, 0.29) is 18.2 Å². The van der Waals surface area contributed by atoms with Crippen molar-refractivity contribution in [2.75, 3.05) is 11.9 Å². The highest BCUT2D eigenvalue weighted by molar-refractivity contribution is 5.89. The summed E-state index contributed by atoms with van der Waals surface area (Å²) in [6.45, 7) is 6.39. The minimum Gasteiger partial charge on any atom is -0.371 e. The van der Waals surface area contributed by atoms with Crippen LogP contribution in [0.5, 0.6) is 0 Å². The Morgan fingerprint density at radius 3 is 2.79 bits per heavy atom. The molecule has 0 aliphatic carbocycles. The molecule has 1 fully saturated rings. The number of carbonyl (C=O) groups is 1. The molecule has 2 aromatic rings. The molecule has 0 saturated carbocycles. The van der Waals surface area contributed by atoms with E-state index in [1.807, 2.05) is 25.6 Å². The topological polar surface area (TPSA) is 94.0 Å². The molecule has 2 amide bonds. The van der Waals surface area contributed by atoms with Gasteiger partial charge in [-0.15, -0.1) is 0 Å². The first kappa shape index (κ1) is 16.4. The smallest absolute Gasteiger partial charge is 0.319 e. The maximum atomic E-state index is 12.3. The van der Waals surface area contributed by atoms with E-state index in [2.05, 4.69) is 25.9 Å². The number of nitrogens with one attached hydrogen (secondary N) is 2. The molecule has 1 saturated heterocycles. The predicted octanol–water partition coefficient (Wildman–Crippen LogP) is 1.79. The monoisotopic (exact) mass is 330 g/mol. The number of amides is 2. The second-order valence-electron chi connectivity index (χ2n) is 6.02. The molecule has 2 aromatic heterocycles. The van der Waals surface area contributed by atoms with Gasteiger partial charge in [-0.2, -0.15) is 15.3 Å². The van der Waals surface area contributed by atoms with Crippen molar-refractivity contribution in [3.8, 4) is 0 Å². The van der Waals surface area contributed by atoms with E-state index in [1.165, 1.54) is 0 Å². The summed E-state index contributed by atoms with van der Waals surface area (Å²) in [5, 5.41) is 18.0. The van der Waals surface area contributed by atoms with Crippen molar-refractivity contribution in [2.24, 2.45) is 7.05 Å². The van der Waals surface area contributed by atoms with Gasteiger partial charge >= 0.3 is 6.03 Å². The molecule has 3 rings (SSSR count). The highest BCUT2D eigenvalue weighted by Crippen LogP contribution is 2.33. The molecule has 1 aliphatic rings. The van der Waals surface area contributed by atoms with Crippen molar-refractivity contribution < 1.29 is 9.53 Å². The molecule has 0 spiro atoms. The lowest BCUT2D eigenvalue weighted by molar-refractivity contribution is 0.0993. The van der Waals surface area contributed by atoms with Crippen LogP contribution in [0.25, 0.3) is 0 Å². The van der Waals surface area contributed by atoms with E-state index < -0.39 is 0 Å². The van der Waals surface area contributed by atoms with E-state index in [0.29, 0.717) is 18.0 Å². The van der Waals surface area contributed by atoms with Crippen LogP contribution in [0.1, 0.15) is 35.2 Å². The summed E-state index contributed by atoms with van der Waals surface area (Å²) in [7, 11) is 1.91. The zero-order valence-electron chi connectivity index (χ0n) is 14.3. The van der Waals surface area contributed by atoms with Crippen LogP contribution in [-0.4, -0.2) is 38.7 Å². The average molecular weight is 330 g/mol. The highest BCUT2D eigenvalue weighted by atomic mass is 16.5. The average Bonchev–Trinajstić information content (AvgIpc) is 3.06. The van der Waals surface area contributed by atoms with Gasteiger partial charge < -0.3 is 15.4 Å². The van der Waals surface area contributed by atoms with Gasteiger partial charge in [0.1, 0.15) is 6.10 Å². The van der Waals surface area contributed by atoms with Crippen molar-refractivity contribution in [1.82, 2.24) is 25.3 Å². The number of carbonyl (C=O) groups excluding carboxylic acids is 1. The van der Waals surface area contributed by atoms with E-state index in [9.17, 15) is 4.79 Å². The van der Waals surface area contributed by atoms with Crippen molar-refractivity contribution in [3.05, 3.63) is 34.9 Å². The van der Waals surface area contributed by atoms with Gasteiger partial charge in [-0.3, -0.25) is 4.68 Å². The first-order chi connectivity index (χ1) is 11.5. The normalized spacial score (nSPS) is 20.2. The number of anilines is 1. The lowest BCUT2D eigenvalue weighted by atomic mass is 10.0. The van der Waals surface area contributed by atoms with Crippen LogP contribution in [0.3, 0.4) is 0 Å². The fraction of sp³-hybridized carbons (Fsp3) is 0.500. The molecular formula is C16H22N6O2. The van der Waals surface area contributed by atoms with Crippen molar-refractivity contribution in [2.45, 2.75) is 39.3 Å². The minimum atomic E-state index is -0.272. The SMILES string of the molecule is Cc1nnccc1NC(=O)N[C@@H]1CCO[C@H]1c1c(C)nn(C)c1C. The zero-order chi connectivity index (χ0) is 17.3. The van der Waals surface area contributed by atoms with Crippen molar-refractivity contribution in [3.63, 3.8) is 0 Å². The summed E-state index contributed by atoms with van der Waals surface area (Å²) in [5.74, 6) is 0. The molecule has 0 unspecified atom stereocenters. The third-order valence-corrected chi connectivity index (χ3v) is 4.41. The summed E-state index contributed by atoms with van der Waals surface area (Å²) >= 11 is 0. The van der Waals surface area contributed by atoms with Crippen LogP contribution in [0.4, 0.5) is 10.5 Å². The number of aromatic nitrogens is 4. The second kappa shape index (κ2) is 6.56. The lowest BCUT2D eigenvalue weighted by Gasteiger charge is -2.21. The number of hydrogen-bond acceptors (Lipinski definition) is 5. The van der Waals surface area contributed by atoms with Crippen molar-refractivity contribution in [1.29, 1.82) is 0 Å². The molecule has 24 heavy (non-hydrogen) atoms. The molecule has 0 radical (unpaired) electrons. The summed E-state index contributed by atoms with van der Waals surface area (Å²) < 4.78 is 7.73. The fourth-order valence-electron chi connectivity index (χ4n) is 3.08. The highest BCUT2D eigenvalue weighted by Gasteiger charge is 2.34. The predicted molar refractivity (Wildman–Crippen MR) is 88.7 cm³/mol. The number of hydrogen-bond donors (Lipinski definition) is 2. The lowest BCUT2D eigenvalue weighted by Crippen LogP contribution is -2.40. The van der Waals surface area contributed by atoms with E-state index in [1.54, 1.807) is 19.2 Å². The molecular weight excluding hydrogens is 308 g/mol. The fourth-order valence-corrected chi connectivity index (χ4v) is 3.08. The maximum absolute atomic E-state index is 12.3. The third-order valence-electron chi connectivity index (χ3n) is 4.41. The van der Waals surface area contributed by atoms with E-state index in [0.717, 1.165) is 23.4 Å². The summed E-state index contributed by atoms with van der Waals surface area (Å²) in [4.78, 5) is 12.3. The van der Waals surface area contributed by atoms with Crippen LogP contribution in [0.2, 0.25) is 0 Å². The quantitative estimate of drug-likeness (QED) is 0.895. The Labute approximate surface area is 140 Å². The summed E-state index contributed by atoms with van der Waals surface area (Å²) in [6, 6.07) is 1.35. The Morgan fingerprint density at radius 1 is 1.33 bits per heavy atom. The molecule has 0 bridgehead atoms. The Hall–Kier alpha value is -2.48. The zero-order valence-corrected chi connectivity index (χ0v) is 14.3. The third kappa shape index (κ3) is 3.09. The maximum Gasteiger partial charge on any atom is 0.319 e. The molecule has 2 atom stereocenters. The molecule has 8 nitrogen and oxygen atoms in total. The Morgan fingerprint density at radius 2 is 2.12 bits per heavy atom. The van der Waals surface area contributed by atoms with Crippen LogP contribution < -0.4 is 10.6 Å². The Kier molecular flexibility index (Phi) is 4.48. The molecule has 2 N–H and O–H groups in total. The number of aryl methyl sites for hydroxylation is 3. The number of nitrogens with zero attached hydrogens (tertiary/aromatic N) is 4. The Balaban J connectivity index is 1.72. The number of urea groups is 1. The molecule has 0 aromatic carbocycles. The largest absolute Gasteiger partial charge is 0.371 e. The second-order valence-corrected chi connectivity index (χ2v) is 6.02. The van der Waals surface area contributed by atoms with Crippen LogP contribution in [0.15, 0.2) is 12.3 Å². The van der Waals surface area contributed by atoms with Crippen molar-refractivity contribution >= 4 is 11.7 Å². The number of rotatable bonds is 3. The summed E-state index contributed by atoms with van der Waals surface area (Å²) in [5.41, 5.74) is 4.36.